The molecule has 0 saturated heterocycles. The van der Waals surface area contributed by atoms with Gasteiger partial charge in [0.2, 0.25) is 0 Å². The van der Waals surface area contributed by atoms with Crippen molar-refractivity contribution in [1.82, 2.24) is 0 Å². The summed E-state index contributed by atoms with van der Waals surface area (Å²) < 4.78 is 9.88. The highest BCUT2D eigenvalue weighted by molar-refractivity contribution is 6.30. The summed E-state index contributed by atoms with van der Waals surface area (Å²) in [5.41, 5.74) is 1.42. The van der Waals surface area contributed by atoms with Crippen molar-refractivity contribution < 1.29 is 19.1 Å². The highest BCUT2D eigenvalue weighted by Gasteiger charge is 2.17. The molecule has 1 aromatic rings. The average molecular weight is 283 g/mol. The van der Waals surface area contributed by atoms with E-state index in [1.807, 2.05) is 6.07 Å². The number of esters is 2. The zero-order chi connectivity index (χ0) is 14.4. The van der Waals surface area contributed by atoms with Gasteiger partial charge in [0.25, 0.3) is 6.29 Å². The number of benzene rings is 1. The summed E-state index contributed by atoms with van der Waals surface area (Å²) in [6.07, 6.45) is 0.719. The maximum Gasteiger partial charge on any atom is 0.305 e. The molecule has 0 atom stereocenters. The third-order valence-corrected chi connectivity index (χ3v) is 2.40. The third kappa shape index (κ3) is 5.57. The van der Waals surface area contributed by atoms with E-state index >= 15 is 0 Å². The zero-order valence-electron chi connectivity index (χ0n) is 11.0. The maximum atomic E-state index is 11.0. The van der Waals surface area contributed by atoms with Gasteiger partial charge in [0.1, 0.15) is 0 Å². The number of ether oxygens (including phenoxy) is 2. The molecule has 0 aliphatic rings. The monoisotopic (exact) mass is 282 g/mol. The van der Waals surface area contributed by atoms with E-state index in [0.29, 0.717) is 10.6 Å². The molecule has 0 heterocycles. The summed E-state index contributed by atoms with van der Waals surface area (Å²) in [5.74, 6) is -1.05. The highest BCUT2D eigenvalue weighted by atomic mass is 35.5. The molecule has 0 unspecified atom stereocenters. The molecule has 0 amide bonds. The van der Waals surface area contributed by atoms with Crippen LogP contribution in [0.5, 0.6) is 0 Å². The summed E-state index contributed by atoms with van der Waals surface area (Å²) in [5, 5.41) is 0.595. The Kier molecular flexibility index (Phi) is 5.57. The minimum atomic E-state index is -1.02. The lowest BCUT2D eigenvalue weighted by molar-refractivity contribution is -0.177. The normalized spacial score (nSPS) is 11.3. The van der Waals surface area contributed by atoms with Crippen molar-refractivity contribution >= 4 is 29.6 Å². The predicted octanol–water partition coefficient (Wildman–Crippen LogP) is 3.20. The molecule has 0 radical (unpaired) electrons. The second-order valence-corrected chi connectivity index (χ2v) is 4.43. The molecule has 1 aromatic carbocycles. The van der Waals surface area contributed by atoms with E-state index in [1.165, 1.54) is 13.8 Å². The average Bonchev–Trinajstić information content (AvgIpc) is 2.26. The number of carbonyl (C=O) groups excluding carboxylic acids is 2. The number of rotatable bonds is 4. The van der Waals surface area contributed by atoms with Crippen molar-refractivity contribution in [1.29, 1.82) is 0 Å². The Morgan fingerprint density at radius 1 is 1.16 bits per heavy atom. The van der Waals surface area contributed by atoms with Gasteiger partial charge in [-0.05, 0) is 30.7 Å². The summed E-state index contributed by atoms with van der Waals surface area (Å²) in [6, 6.07) is 7.15. The lowest BCUT2D eigenvalue weighted by Gasteiger charge is -2.17. The van der Waals surface area contributed by atoms with Gasteiger partial charge in [-0.25, -0.2) is 0 Å². The molecular weight excluding hydrogens is 268 g/mol. The summed E-state index contributed by atoms with van der Waals surface area (Å²) in [7, 11) is 0. The number of hydrogen-bond donors (Lipinski definition) is 0. The lowest BCUT2D eigenvalue weighted by Crippen LogP contribution is -2.23. The second kappa shape index (κ2) is 6.95. The first-order valence-corrected chi connectivity index (χ1v) is 6.04. The van der Waals surface area contributed by atoms with Crippen LogP contribution in [-0.2, 0) is 19.1 Å². The van der Waals surface area contributed by atoms with E-state index in [4.69, 9.17) is 21.1 Å². The van der Waals surface area contributed by atoms with Gasteiger partial charge in [-0.2, -0.15) is 0 Å². The molecule has 0 aromatic heterocycles. The molecule has 0 fully saturated rings. The van der Waals surface area contributed by atoms with E-state index in [-0.39, 0.29) is 0 Å². The van der Waals surface area contributed by atoms with Crippen LogP contribution < -0.4 is 0 Å². The third-order valence-electron chi connectivity index (χ3n) is 2.16. The fourth-order valence-electron chi connectivity index (χ4n) is 1.44. The smallest absolute Gasteiger partial charge is 0.305 e. The Balaban J connectivity index is 2.94. The molecule has 0 N–H and O–H groups in total. The zero-order valence-corrected chi connectivity index (χ0v) is 11.7. The van der Waals surface area contributed by atoms with Crippen LogP contribution in [0.4, 0.5) is 0 Å². The van der Waals surface area contributed by atoms with Crippen molar-refractivity contribution in [2.24, 2.45) is 0 Å². The summed E-state index contributed by atoms with van der Waals surface area (Å²) in [6.45, 7) is 4.21. The van der Waals surface area contributed by atoms with Gasteiger partial charge in [-0.3, -0.25) is 9.59 Å². The van der Waals surface area contributed by atoms with E-state index in [0.717, 1.165) is 5.56 Å². The van der Waals surface area contributed by atoms with Gasteiger partial charge in [0.05, 0.1) is 0 Å². The molecule has 0 saturated carbocycles. The molecule has 102 valence electrons. The van der Waals surface area contributed by atoms with Gasteiger partial charge in [0.15, 0.2) is 0 Å². The van der Waals surface area contributed by atoms with Crippen LogP contribution in [-0.4, -0.2) is 18.2 Å². The van der Waals surface area contributed by atoms with Crippen LogP contribution in [0, 0.1) is 0 Å². The molecule has 1 rings (SSSR count). The van der Waals surface area contributed by atoms with Gasteiger partial charge in [-0.15, -0.1) is 0 Å². The van der Waals surface area contributed by atoms with Crippen molar-refractivity contribution in [2.45, 2.75) is 27.1 Å². The van der Waals surface area contributed by atoms with Crippen molar-refractivity contribution in [3.8, 4) is 0 Å². The standard InChI is InChI=1S/C14H15ClO4/c1-9(7-12-5-4-6-13(15)8-12)14(18-10(2)16)19-11(3)17/h4-8,14H,1-3H3. The minimum absolute atomic E-state index is 0.523. The molecular formula is C14H15ClO4. The first-order valence-electron chi connectivity index (χ1n) is 5.66. The maximum absolute atomic E-state index is 11.0. The molecule has 0 bridgehead atoms. The quantitative estimate of drug-likeness (QED) is 0.629. The number of halogens is 1. The van der Waals surface area contributed by atoms with Crippen LogP contribution in [0.3, 0.4) is 0 Å². The van der Waals surface area contributed by atoms with Gasteiger partial charge in [-0.1, -0.05) is 23.7 Å². The van der Waals surface area contributed by atoms with Crippen LogP contribution in [0.1, 0.15) is 26.3 Å². The topological polar surface area (TPSA) is 52.6 Å². The fourth-order valence-corrected chi connectivity index (χ4v) is 1.64. The van der Waals surface area contributed by atoms with E-state index in [1.54, 1.807) is 31.2 Å². The van der Waals surface area contributed by atoms with Gasteiger partial charge >= 0.3 is 11.9 Å². The second-order valence-electron chi connectivity index (χ2n) is 3.99. The Bertz CT molecular complexity index is 492. The van der Waals surface area contributed by atoms with E-state index in [9.17, 15) is 9.59 Å². The Morgan fingerprint density at radius 3 is 2.21 bits per heavy atom. The molecule has 0 aliphatic heterocycles. The molecule has 0 aliphatic carbocycles. The van der Waals surface area contributed by atoms with Crippen molar-refractivity contribution in [3.05, 3.63) is 40.4 Å². The predicted molar refractivity (Wildman–Crippen MR) is 72.4 cm³/mol. The number of carbonyl (C=O) groups is 2. The van der Waals surface area contributed by atoms with Crippen LogP contribution in [0.25, 0.3) is 6.08 Å². The van der Waals surface area contributed by atoms with E-state index in [2.05, 4.69) is 0 Å². The summed E-state index contributed by atoms with van der Waals surface area (Å²) in [4.78, 5) is 22.0. The van der Waals surface area contributed by atoms with Gasteiger partial charge in [0, 0.05) is 24.4 Å². The van der Waals surface area contributed by atoms with Crippen molar-refractivity contribution in [2.75, 3.05) is 0 Å². The van der Waals surface area contributed by atoms with Crippen LogP contribution >= 0.6 is 11.6 Å². The molecule has 19 heavy (non-hydrogen) atoms. The Hall–Kier alpha value is -1.81. The van der Waals surface area contributed by atoms with Crippen LogP contribution in [0.2, 0.25) is 5.02 Å². The Morgan fingerprint density at radius 2 is 1.74 bits per heavy atom. The first kappa shape index (κ1) is 15.2. The summed E-state index contributed by atoms with van der Waals surface area (Å²) >= 11 is 5.88. The first-order chi connectivity index (χ1) is 8.88. The molecule has 0 spiro atoms. The largest absolute Gasteiger partial charge is 0.421 e. The Labute approximate surface area is 117 Å². The van der Waals surface area contributed by atoms with Crippen LogP contribution in [0.15, 0.2) is 29.8 Å². The highest BCUT2D eigenvalue weighted by Crippen LogP contribution is 2.17. The van der Waals surface area contributed by atoms with E-state index < -0.39 is 18.2 Å². The van der Waals surface area contributed by atoms with Crippen molar-refractivity contribution in [3.63, 3.8) is 0 Å². The minimum Gasteiger partial charge on any atom is -0.421 e. The number of hydrogen-bond acceptors (Lipinski definition) is 4. The van der Waals surface area contributed by atoms with Gasteiger partial charge < -0.3 is 9.47 Å². The lowest BCUT2D eigenvalue weighted by atomic mass is 10.1. The fraction of sp³-hybridized carbons (Fsp3) is 0.286. The molecule has 4 nitrogen and oxygen atoms in total. The molecule has 5 heteroatoms. The SMILES string of the molecule is CC(=O)OC(OC(C)=O)C(C)=Cc1cccc(Cl)c1.